The van der Waals surface area contributed by atoms with Gasteiger partial charge >= 0.3 is 0 Å². The predicted molar refractivity (Wildman–Crippen MR) is 194 cm³/mol. The molecule has 3 aromatic carbocycles. The minimum Gasteiger partial charge on any atom is -0.0804 e. The number of allylic oxidation sites excluding steroid dienone is 14. The first-order valence-corrected chi connectivity index (χ1v) is 18.4. The highest BCUT2D eigenvalue weighted by atomic mass is 14.7. The van der Waals surface area contributed by atoms with Crippen LogP contribution in [0.5, 0.6) is 0 Å². The number of rotatable bonds is 0. The van der Waals surface area contributed by atoms with E-state index in [2.05, 4.69) is 127 Å². The van der Waals surface area contributed by atoms with Gasteiger partial charge < -0.3 is 0 Å². The number of hydrogen-bond acceptors (Lipinski definition) is 0. The van der Waals surface area contributed by atoms with Gasteiger partial charge in [0.2, 0.25) is 0 Å². The van der Waals surface area contributed by atoms with Crippen molar-refractivity contribution in [2.24, 2.45) is 23.2 Å². The molecule has 0 saturated heterocycles. The van der Waals surface area contributed by atoms with E-state index >= 15 is 0 Å². The molecule has 3 spiro atoms. The monoisotopic (exact) mass is 606 g/mol. The van der Waals surface area contributed by atoms with E-state index in [0.29, 0.717) is 11.3 Å². The normalized spacial score (nSPS) is 30.9. The van der Waals surface area contributed by atoms with E-state index < -0.39 is 0 Å². The fraction of sp³-hybridized carbons (Fsp3) is 0.319. The second-order valence-corrected chi connectivity index (χ2v) is 15.8. The van der Waals surface area contributed by atoms with Crippen LogP contribution in [0.2, 0.25) is 0 Å². The Morgan fingerprint density at radius 2 is 1.38 bits per heavy atom. The van der Waals surface area contributed by atoms with Gasteiger partial charge in [-0.3, -0.25) is 0 Å². The van der Waals surface area contributed by atoms with Gasteiger partial charge in [0.05, 0.1) is 5.41 Å². The molecule has 3 aromatic rings. The Balaban J connectivity index is 0.000000121. The van der Waals surface area contributed by atoms with Gasteiger partial charge in [-0.25, -0.2) is 0 Å². The molecule has 4 atom stereocenters. The average molecular weight is 607 g/mol. The molecule has 0 heteroatoms. The van der Waals surface area contributed by atoms with Crippen LogP contribution >= 0.6 is 0 Å². The lowest BCUT2D eigenvalue weighted by Gasteiger charge is -2.44. The van der Waals surface area contributed by atoms with Gasteiger partial charge in [-0.15, -0.1) is 0 Å². The number of hydrogen-bond donors (Lipinski definition) is 0. The summed E-state index contributed by atoms with van der Waals surface area (Å²) in [5, 5.41) is 0. The Bertz CT molecular complexity index is 2050. The van der Waals surface area contributed by atoms with E-state index in [1.54, 1.807) is 33.4 Å². The third-order valence-electron chi connectivity index (χ3n) is 13.8. The van der Waals surface area contributed by atoms with E-state index in [9.17, 15) is 0 Å². The van der Waals surface area contributed by atoms with E-state index in [0.717, 1.165) is 18.3 Å². The Labute approximate surface area is 279 Å². The summed E-state index contributed by atoms with van der Waals surface area (Å²) in [6, 6.07) is 27.5. The van der Waals surface area contributed by atoms with Crippen LogP contribution < -0.4 is 0 Å². The van der Waals surface area contributed by atoms with Gasteiger partial charge in [-0.2, -0.15) is 0 Å². The van der Waals surface area contributed by atoms with Gasteiger partial charge in [-0.05, 0) is 117 Å². The van der Waals surface area contributed by atoms with Crippen LogP contribution in [0.3, 0.4) is 0 Å². The molecule has 0 aromatic heterocycles. The standard InChI is InChI=1S/C27H20.C20H22/c1-2-14-23-24(15-3-1)27(25-16-8-9-18-17-26(18,23)25)21-12-6-4-10-19(21)20-11-5-7-13-22(20)27;1-4-10-20(11-5-1)13-18-15(9-8-14-12-17(14)18)16-6-2-3-7-19(16)20/h1-14,16,18H,15,17H2;2-3,6-9,14,17H,1,4-5,10-13H2. The van der Waals surface area contributed by atoms with Crippen LogP contribution in [-0.2, 0) is 10.8 Å². The third kappa shape index (κ3) is 3.40. The quantitative estimate of drug-likeness (QED) is 0.239. The second-order valence-electron chi connectivity index (χ2n) is 15.8. The summed E-state index contributed by atoms with van der Waals surface area (Å²) < 4.78 is 0. The first-order valence-electron chi connectivity index (χ1n) is 18.4. The minimum atomic E-state index is -0.0823. The van der Waals surface area contributed by atoms with Crippen LogP contribution in [0, 0.1) is 23.2 Å². The lowest BCUT2D eigenvalue weighted by atomic mass is 9.60. The topological polar surface area (TPSA) is 0 Å². The van der Waals surface area contributed by atoms with Crippen LogP contribution in [0.25, 0.3) is 16.7 Å². The van der Waals surface area contributed by atoms with Crippen molar-refractivity contribution >= 4 is 5.57 Å². The summed E-state index contributed by atoms with van der Waals surface area (Å²) in [7, 11) is 0. The fourth-order valence-corrected chi connectivity index (χ4v) is 11.8. The summed E-state index contributed by atoms with van der Waals surface area (Å²) in [4.78, 5) is 0. The molecule has 0 aliphatic heterocycles. The van der Waals surface area contributed by atoms with Crippen LogP contribution in [0.1, 0.15) is 80.0 Å². The predicted octanol–water partition coefficient (Wildman–Crippen LogP) is 11.5. The Hall–Kier alpha value is -4.16. The second kappa shape index (κ2) is 9.47. The lowest BCUT2D eigenvalue weighted by molar-refractivity contribution is 0.283. The zero-order valence-corrected chi connectivity index (χ0v) is 27.2. The molecule has 47 heavy (non-hydrogen) atoms. The summed E-state index contributed by atoms with van der Waals surface area (Å²) in [5.41, 5.74) is 18.0. The summed E-state index contributed by atoms with van der Waals surface area (Å²) >= 11 is 0. The zero-order valence-electron chi connectivity index (χ0n) is 27.2. The van der Waals surface area contributed by atoms with E-state index in [-0.39, 0.29) is 10.8 Å². The van der Waals surface area contributed by atoms with Crippen LogP contribution in [-0.4, -0.2) is 0 Å². The molecule has 12 rings (SSSR count). The van der Waals surface area contributed by atoms with Gasteiger partial charge in [0, 0.05) is 5.41 Å². The molecular formula is C47H42. The van der Waals surface area contributed by atoms with Crippen molar-refractivity contribution in [2.45, 2.75) is 68.6 Å². The van der Waals surface area contributed by atoms with Crippen molar-refractivity contribution in [1.29, 1.82) is 0 Å². The molecule has 0 nitrogen and oxygen atoms in total. The van der Waals surface area contributed by atoms with Crippen LogP contribution in [0.4, 0.5) is 0 Å². The van der Waals surface area contributed by atoms with Gasteiger partial charge in [0.15, 0.2) is 0 Å². The molecule has 0 amide bonds. The molecule has 3 fully saturated rings. The third-order valence-corrected chi connectivity index (χ3v) is 13.8. The first-order chi connectivity index (χ1) is 23.3. The van der Waals surface area contributed by atoms with Crippen molar-refractivity contribution in [3.05, 3.63) is 172 Å². The highest BCUT2D eigenvalue weighted by Crippen LogP contribution is 2.78. The van der Waals surface area contributed by atoms with Crippen molar-refractivity contribution in [1.82, 2.24) is 0 Å². The number of fused-ring (bicyclic) bond motifs is 12. The Morgan fingerprint density at radius 1 is 0.660 bits per heavy atom. The Kier molecular flexibility index (Phi) is 5.41. The van der Waals surface area contributed by atoms with Crippen LogP contribution in [0.15, 0.2) is 150 Å². The molecule has 0 heterocycles. The van der Waals surface area contributed by atoms with Gasteiger partial charge in [0.25, 0.3) is 0 Å². The zero-order chi connectivity index (χ0) is 30.8. The minimum absolute atomic E-state index is 0.0823. The molecule has 230 valence electrons. The molecule has 0 radical (unpaired) electrons. The largest absolute Gasteiger partial charge is 0.0804 e. The Morgan fingerprint density at radius 3 is 2.17 bits per heavy atom. The molecule has 4 unspecified atom stereocenters. The average Bonchev–Trinajstić information content (AvgIpc) is 4.04. The SMILES string of the molecule is C1=CC2CC2C2=C1c1ccccc1C1(CCCCC1)C2.C1=CCC2=C(C=C1)C13CC1C=CC=C3C21c2ccccc2-c2ccccc21. The van der Waals surface area contributed by atoms with Crippen molar-refractivity contribution < 1.29 is 0 Å². The smallest absolute Gasteiger partial charge is 0.0654 e. The van der Waals surface area contributed by atoms with E-state index in [1.807, 2.05) is 5.57 Å². The fourth-order valence-electron chi connectivity index (χ4n) is 11.8. The van der Waals surface area contributed by atoms with E-state index in [1.165, 1.54) is 73.6 Å². The van der Waals surface area contributed by atoms with Gasteiger partial charge in [0.1, 0.15) is 0 Å². The maximum absolute atomic E-state index is 2.47. The maximum Gasteiger partial charge on any atom is 0.0654 e. The summed E-state index contributed by atoms with van der Waals surface area (Å²) in [6.45, 7) is 0. The molecule has 9 aliphatic carbocycles. The van der Waals surface area contributed by atoms with Gasteiger partial charge in [-0.1, -0.05) is 152 Å². The summed E-state index contributed by atoms with van der Waals surface area (Å²) in [5.74, 6) is 2.46. The maximum atomic E-state index is 2.47. The van der Waals surface area contributed by atoms with Crippen molar-refractivity contribution in [2.75, 3.05) is 0 Å². The molecule has 0 N–H and O–H groups in total. The summed E-state index contributed by atoms with van der Waals surface area (Å²) in [6.07, 6.45) is 33.6. The highest BCUT2D eigenvalue weighted by Gasteiger charge is 2.70. The lowest BCUT2D eigenvalue weighted by Crippen LogP contribution is -2.34. The number of benzene rings is 3. The molecule has 0 bridgehead atoms. The van der Waals surface area contributed by atoms with Crippen molar-refractivity contribution in [3.8, 4) is 11.1 Å². The van der Waals surface area contributed by atoms with E-state index in [4.69, 9.17) is 0 Å². The molecule has 3 saturated carbocycles. The molecular weight excluding hydrogens is 565 g/mol. The first kappa shape index (κ1) is 26.9. The molecule has 9 aliphatic rings. The highest BCUT2D eigenvalue weighted by molar-refractivity contribution is 5.90. The van der Waals surface area contributed by atoms with Crippen molar-refractivity contribution in [3.63, 3.8) is 0 Å².